The SMILES string of the molecule is [B]C(C)CC(=O)CC(C)C. The van der Waals surface area contributed by atoms with Gasteiger partial charge in [0.2, 0.25) is 0 Å². The second-order valence-electron chi connectivity index (χ2n) is 3.32. The molecule has 2 radical (unpaired) electrons. The maximum absolute atomic E-state index is 11.0. The van der Waals surface area contributed by atoms with Crippen molar-refractivity contribution in [2.45, 2.75) is 39.4 Å². The molecule has 0 aliphatic rings. The average molecular weight is 138 g/mol. The summed E-state index contributed by atoms with van der Waals surface area (Å²) in [4.78, 5) is 11.0. The second kappa shape index (κ2) is 4.53. The zero-order valence-corrected chi connectivity index (χ0v) is 7.05. The maximum Gasteiger partial charge on any atom is 0.132 e. The second-order valence-corrected chi connectivity index (χ2v) is 3.32. The van der Waals surface area contributed by atoms with E-state index in [0.29, 0.717) is 18.8 Å². The summed E-state index contributed by atoms with van der Waals surface area (Å²) in [7, 11) is 5.45. The van der Waals surface area contributed by atoms with Crippen LogP contribution in [0.3, 0.4) is 0 Å². The molecule has 0 saturated carbocycles. The van der Waals surface area contributed by atoms with E-state index < -0.39 is 0 Å². The molecular formula is C8H15BO. The molecule has 0 fully saturated rings. The van der Waals surface area contributed by atoms with E-state index in [-0.39, 0.29) is 11.6 Å². The van der Waals surface area contributed by atoms with E-state index in [4.69, 9.17) is 7.85 Å². The Kier molecular flexibility index (Phi) is 4.41. The Hall–Kier alpha value is -0.265. The minimum Gasteiger partial charge on any atom is -0.300 e. The predicted octanol–water partition coefficient (Wildman–Crippen LogP) is 1.97. The Bertz CT molecular complexity index is 95.8. The zero-order chi connectivity index (χ0) is 8.15. The molecule has 0 rings (SSSR count). The summed E-state index contributed by atoms with van der Waals surface area (Å²) in [6.45, 7) is 5.94. The van der Waals surface area contributed by atoms with Crippen molar-refractivity contribution in [2.75, 3.05) is 0 Å². The summed E-state index contributed by atoms with van der Waals surface area (Å²) in [5.74, 6) is 0.766. The Morgan fingerprint density at radius 1 is 1.30 bits per heavy atom. The van der Waals surface area contributed by atoms with Gasteiger partial charge in [-0.25, -0.2) is 0 Å². The van der Waals surface area contributed by atoms with Crippen LogP contribution in [0, 0.1) is 5.92 Å². The Balaban J connectivity index is 3.44. The van der Waals surface area contributed by atoms with Crippen molar-refractivity contribution in [2.24, 2.45) is 5.92 Å². The highest BCUT2D eigenvalue weighted by Gasteiger charge is 2.06. The van der Waals surface area contributed by atoms with Crippen LogP contribution in [0.2, 0.25) is 5.82 Å². The van der Waals surface area contributed by atoms with Crippen LogP contribution in [0.4, 0.5) is 0 Å². The molecule has 1 atom stereocenters. The van der Waals surface area contributed by atoms with Crippen molar-refractivity contribution >= 4 is 13.6 Å². The van der Waals surface area contributed by atoms with Gasteiger partial charge in [-0.1, -0.05) is 26.6 Å². The fourth-order valence-corrected chi connectivity index (χ4v) is 0.898. The van der Waals surface area contributed by atoms with Crippen LogP contribution in [-0.2, 0) is 4.79 Å². The zero-order valence-electron chi connectivity index (χ0n) is 7.05. The van der Waals surface area contributed by atoms with Crippen LogP contribution in [0.5, 0.6) is 0 Å². The monoisotopic (exact) mass is 138 g/mol. The van der Waals surface area contributed by atoms with E-state index in [1.54, 1.807) is 0 Å². The molecule has 1 nitrogen and oxygen atoms in total. The lowest BCUT2D eigenvalue weighted by Crippen LogP contribution is -2.04. The summed E-state index contributed by atoms with van der Waals surface area (Å²) in [5, 5.41) is 0. The molecule has 0 aromatic rings. The molecule has 10 heavy (non-hydrogen) atoms. The van der Waals surface area contributed by atoms with Crippen LogP contribution >= 0.6 is 0 Å². The van der Waals surface area contributed by atoms with Gasteiger partial charge in [0.25, 0.3) is 0 Å². The largest absolute Gasteiger partial charge is 0.300 e. The van der Waals surface area contributed by atoms with Gasteiger partial charge in [-0.15, -0.1) is 0 Å². The number of rotatable bonds is 4. The molecule has 0 N–H and O–H groups in total. The van der Waals surface area contributed by atoms with Gasteiger partial charge in [-0.3, -0.25) is 4.79 Å². The quantitative estimate of drug-likeness (QED) is 0.542. The van der Waals surface area contributed by atoms with E-state index in [2.05, 4.69) is 0 Å². The highest BCUT2D eigenvalue weighted by molar-refractivity contribution is 6.12. The molecule has 0 bridgehead atoms. The number of Topliss-reactive ketones (excluding diaryl/α,β-unsaturated/α-hetero) is 1. The van der Waals surface area contributed by atoms with Gasteiger partial charge >= 0.3 is 0 Å². The first-order valence-corrected chi connectivity index (χ1v) is 3.79. The molecule has 2 heteroatoms. The minimum atomic E-state index is 0.0197. The maximum atomic E-state index is 11.0. The first-order chi connectivity index (χ1) is 4.52. The fourth-order valence-electron chi connectivity index (χ4n) is 0.898. The third-order valence-electron chi connectivity index (χ3n) is 1.19. The lowest BCUT2D eigenvalue weighted by atomic mass is 9.84. The molecule has 56 valence electrons. The lowest BCUT2D eigenvalue weighted by Gasteiger charge is -2.05. The summed E-state index contributed by atoms with van der Waals surface area (Å²) in [6.07, 6.45) is 1.19. The van der Waals surface area contributed by atoms with Gasteiger partial charge in [0, 0.05) is 12.8 Å². The number of carbonyl (C=O) groups is 1. The first-order valence-electron chi connectivity index (χ1n) is 3.79. The highest BCUT2D eigenvalue weighted by Crippen LogP contribution is 2.09. The fraction of sp³-hybridized carbons (Fsp3) is 0.875. The summed E-state index contributed by atoms with van der Waals surface area (Å²) in [6, 6.07) is 0. The van der Waals surface area contributed by atoms with Gasteiger partial charge < -0.3 is 0 Å². The molecule has 0 spiro atoms. The molecule has 0 amide bonds. The van der Waals surface area contributed by atoms with Gasteiger partial charge in [-0.2, -0.15) is 0 Å². The van der Waals surface area contributed by atoms with E-state index in [9.17, 15) is 4.79 Å². The predicted molar refractivity (Wildman–Crippen MR) is 44.3 cm³/mol. The molecule has 1 unspecified atom stereocenters. The van der Waals surface area contributed by atoms with Crippen molar-refractivity contribution < 1.29 is 4.79 Å². The van der Waals surface area contributed by atoms with Gasteiger partial charge in [0.1, 0.15) is 5.78 Å². The summed E-state index contributed by atoms with van der Waals surface area (Å²) >= 11 is 0. The Morgan fingerprint density at radius 2 is 1.80 bits per heavy atom. The highest BCUT2D eigenvalue weighted by atomic mass is 16.1. The summed E-state index contributed by atoms with van der Waals surface area (Å²) in [5.41, 5.74) is 0. The van der Waals surface area contributed by atoms with E-state index >= 15 is 0 Å². The molecular weight excluding hydrogens is 123 g/mol. The number of ketones is 1. The number of hydrogen-bond acceptors (Lipinski definition) is 1. The Morgan fingerprint density at radius 3 is 2.10 bits per heavy atom. The van der Waals surface area contributed by atoms with E-state index in [1.807, 2.05) is 20.8 Å². The minimum absolute atomic E-state index is 0.0197. The van der Waals surface area contributed by atoms with Crippen molar-refractivity contribution in [3.05, 3.63) is 0 Å². The molecule has 0 aliphatic heterocycles. The smallest absolute Gasteiger partial charge is 0.132 e. The molecule has 0 aromatic carbocycles. The van der Waals surface area contributed by atoms with Crippen molar-refractivity contribution in [1.29, 1.82) is 0 Å². The van der Waals surface area contributed by atoms with Crippen LogP contribution in [0.25, 0.3) is 0 Å². The van der Waals surface area contributed by atoms with Gasteiger partial charge in [-0.05, 0) is 5.92 Å². The average Bonchev–Trinajstić information content (AvgIpc) is 1.58. The third kappa shape index (κ3) is 5.86. The number of hydrogen-bond donors (Lipinski definition) is 0. The molecule has 0 aliphatic carbocycles. The molecule has 0 saturated heterocycles. The van der Waals surface area contributed by atoms with Crippen LogP contribution in [0.15, 0.2) is 0 Å². The topological polar surface area (TPSA) is 17.1 Å². The van der Waals surface area contributed by atoms with Crippen LogP contribution < -0.4 is 0 Å². The number of carbonyl (C=O) groups excluding carboxylic acids is 1. The lowest BCUT2D eigenvalue weighted by molar-refractivity contribution is -0.119. The van der Waals surface area contributed by atoms with Crippen molar-refractivity contribution in [3.8, 4) is 0 Å². The van der Waals surface area contributed by atoms with Crippen LogP contribution in [0.1, 0.15) is 33.6 Å². The normalized spacial score (nSPS) is 13.6. The Labute approximate surface area is 64.6 Å². The van der Waals surface area contributed by atoms with E-state index in [0.717, 1.165) is 0 Å². The summed E-state index contributed by atoms with van der Waals surface area (Å²) < 4.78 is 0. The van der Waals surface area contributed by atoms with Crippen molar-refractivity contribution in [1.82, 2.24) is 0 Å². The van der Waals surface area contributed by atoms with Gasteiger partial charge in [0.15, 0.2) is 0 Å². The van der Waals surface area contributed by atoms with E-state index in [1.165, 1.54) is 0 Å². The third-order valence-corrected chi connectivity index (χ3v) is 1.19. The molecule has 0 aromatic heterocycles. The van der Waals surface area contributed by atoms with Gasteiger partial charge in [0.05, 0.1) is 7.85 Å². The molecule has 0 heterocycles. The van der Waals surface area contributed by atoms with Crippen molar-refractivity contribution in [3.63, 3.8) is 0 Å². The van der Waals surface area contributed by atoms with Crippen LogP contribution in [-0.4, -0.2) is 13.6 Å². The standard InChI is InChI=1S/C8H15BO/c1-6(2)4-8(10)5-7(3)9/h6-7H,4-5H2,1-3H3. The first kappa shape index (κ1) is 9.73.